The van der Waals surface area contributed by atoms with Crippen LogP contribution in [-0.2, 0) is 14.4 Å². The molecule has 1 atom stereocenters. The number of oxime groups is 1. The zero-order valence-corrected chi connectivity index (χ0v) is 18.8. The average Bonchev–Trinajstić information content (AvgIpc) is 3.22. The number of methoxy groups -OCH3 is 1. The normalized spacial score (nSPS) is 23.2. The van der Waals surface area contributed by atoms with E-state index in [1.165, 1.54) is 0 Å². The van der Waals surface area contributed by atoms with E-state index in [2.05, 4.69) is 5.16 Å². The molecule has 4 rings (SSSR count). The maximum atomic E-state index is 12.7. The highest BCUT2D eigenvalue weighted by Gasteiger charge is 2.54. The number of nitrogens with two attached hydrogens (primary N) is 1. The molecule has 32 heavy (non-hydrogen) atoms. The lowest BCUT2D eigenvalue weighted by Gasteiger charge is -2.51. The number of carbonyl (C=O) groups is 2. The Hall–Kier alpha value is -2.34. The van der Waals surface area contributed by atoms with E-state index in [1.807, 2.05) is 34.1 Å². The van der Waals surface area contributed by atoms with Gasteiger partial charge in [0.1, 0.15) is 11.4 Å². The molecule has 3 aliphatic rings. The van der Waals surface area contributed by atoms with Gasteiger partial charge in [0.15, 0.2) is 0 Å². The standard InChI is InChI=1S/C21H28N4O6S/c1-29-16-4-2-3-15(13-16)17-14-20(31-23-17)5-7-24(8-6-20)21(18(22)26,32-19(27)28)25-9-11-30-12-10-25/h2-4,13H,5-12,14H2,1H3,(H2,22,26)(H,27,28). The number of hydrogen-bond acceptors (Lipinski definition) is 9. The van der Waals surface area contributed by atoms with Crippen molar-refractivity contribution >= 4 is 28.7 Å². The summed E-state index contributed by atoms with van der Waals surface area (Å²) in [6.45, 7) is 2.64. The van der Waals surface area contributed by atoms with Crippen molar-refractivity contribution in [3.63, 3.8) is 0 Å². The number of nitrogens with zero attached hydrogens (tertiary/aromatic N) is 3. The van der Waals surface area contributed by atoms with Crippen molar-refractivity contribution in [3.8, 4) is 5.75 Å². The first-order valence-corrected chi connectivity index (χ1v) is 11.4. The van der Waals surface area contributed by atoms with E-state index < -0.39 is 21.8 Å². The summed E-state index contributed by atoms with van der Waals surface area (Å²) in [7, 11) is 1.62. The van der Waals surface area contributed by atoms with Crippen molar-refractivity contribution in [2.24, 2.45) is 10.9 Å². The molecule has 1 spiro atoms. The van der Waals surface area contributed by atoms with Gasteiger partial charge >= 0.3 is 5.30 Å². The molecule has 0 aliphatic carbocycles. The minimum Gasteiger partial charge on any atom is -0.497 e. The molecule has 2 fully saturated rings. The average molecular weight is 465 g/mol. The molecule has 0 bridgehead atoms. The van der Waals surface area contributed by atoms with Gasteiger partial charge in [-0.1, -0.05) is 17.3 Å². The van der Waals surface area contributed by atoms with Crippen LogP contribution in [0.15, 0.2) is 29.4 Å². The molecule has 1 aromatic rings. The molecule has 3 aliphatic heterocycles. The predicted molar refractivity (Wildman–Crippen MR) is 119 cm³/mol. The summed E-state index contributed by atoms with van der Waals surface area (Å²) in [5.74, 6) is 0.0758. The number of amides is 1. The fraction of sp³-hybridized carbons (Fsp3) is 0.571. The van der Waals surface area contributed by atoms with Crippen LogP contribution < -0.4 is 10.5 Å². The summed E-state index contributed by atoms with van der Waals surface area (Å²) in [4.78, 5) is 32.6. The van der Waals surface area contributed by atoms with Gasteiger partial charge in [-0.3, -0.25) is 14.6 Å². The first-order valence-electron chi connectivity index (χ1n) is 10.6. The maximum absolute atomic E-state index is 12.7. The van der Waals surface area contributed by atoms with Crippen molar-refractivity contribution in [3.05, 3.63) is 29.8 Å². The molecule has 3 N–H and O–H groups in total. The molecule has 11 heteroatoms. The van der Waals surface area contributed by atoms with Gasteiger partial charge in [0, 0.05) is 62.8 Å². The SMILES string of the molecule is COc1cccc(C2=NOC3(CCN(C(SC(=O)O)(C(N)=O)N4CCOCC4)CC3)C2)c1. The lowest BCUT2D eigenvalue weighted by molar-refractivity contribution is -0.145. The number of carboxylic acid groups (broad SMARTS) is 1. The molecule has 10 nitrogen and oxygen atoms in total. The summed E-state index contributed by atoms with van der Waals surface area (Å²) in [5, 5.41) is 12.8. The quantitative estimate of drug-likeness (QED) is 0.644. The second-order valence-electron chi connectivity index (χ2n) is 8.15. The van der Waals surface area contributed by atoms with Crippen LogP contribution in [0, 0.1) is 0 Å². The lowest BCUT2D eigenvalue weighted by Crippen LogP contribution is -2.69. The molecule has 1 amide bonds. The minimum atomic E-state index is -1.47. The Morgan fingerprint density at radius 1 is 1.22 bits per heavy atom. The van der Waals surface area contributed by atoms with Crippen molar-refractivity contribution in [1.29, 1.82) is 0 Å². The van der Waals surface area contributed by atoms with Crippen molar-refractivity contribution < 1.29 is 29.0 Å². The summed E-state index contributed by atoms with van der Waals surface area (Å²) in [5.41, 5.74) is 7.17. The smallest absolute Gasteiger partial charge is 0.368 e. The highest BCUT2D eigenvalue weighted by Crippen LogP contribution is 2.42. The van der Waals surface area contributed by atoms with Crippen LogP contribution in [-0.4, -0.2) is 88.9 Å². The first-order chi connectivity index (χ1) is 15.4. The summed E-state index contributed by atoms with van der Waals surface area (Å²) >= 11 is 0.556. The van der Waals surface area contributed by atoms with Gasteiger partial charge in [-0.2, -0.15) is 0 Å². The second-order valence-corrected chi connectivity index (χ2v) is 9.27. The minimum absolute atomic E-state index is 0.424. The molecule has 2 saturated heterocycles. The molecular formula is C21H28N4O6S. The van der Waals surface area contributed by atoms with E-state index in [9.17, 15) is 14.7 Å². The Bertz CT molecular complexity index is 898. The van der Waals surface area contributed by atoms with E-state index in [4.69, 9.17) is 20.0 Å². The second kappa shape index (κ2) is 9.26. The van der Waals surface area contributed by atoms with Gasteiger partial charge in [-0.25, -0.2) is 4.79 Å². The summed E-state index contributed by atoms with van der Waals surface area (Å²) in [6.07, 6.45) is 1.84. The van der Waals surface area contributed by atoms with Crippen molar-refractivity contribution in [2.45, 2.75) is 29.9 Å². The number of ether oxygens (including phenoxy) is 2. The Kier molecular flexibility index (Phi) is 6.61. The fourth-order valence-electron chi connectivity index (χ4n) is 4.64. The van der Waals surface area contributed by atoms with Crippen LogP contribution >= 0.6 is 11.8 Å². The Morgan fingerprint density at radius 2 is 1.91 bits per heavy atom. The van der Waals surface area contributed by atoms with Crippen molar-refractivity contribution in [2.75, 3.05) is 46.5 Å². The van der Waals surface area contributed by atoms with Crippen LogP contribution in [0.4, 0.5) is 4.79 Å². The van der Waals surface area contributed by atoms with Gasteiger partial charge in [-0.15, -0.1) is 0 Å². The van der Waals surface area contributed by atoms with Crippen LogP contribution in [0.5, 0.6) is 5.75 Å². The fourth-order valence-corrected chi connectivity index (χ4v) is 5.61. The molecular weight excluding hydrogens is 436 g/mol. The number of primary amides is 1. The molecule has 174 valence electrons. The maximum Gasteiger partial charge on any atom is 0.368 e. The van der Waals surface area contributed by atoms with E-state index in [0.717, 1.165) is 17.0 Å². The van der Waals surface area contributed by atoms with Crippen LogP contribution in [0.2, 0.25) is 0 Å². The van der Waals surface area contributed by atoms with Gasteiger partial charge in [0.05, 0.1) is 26.0 Å². The third kappa shape index (κ3) is 4.29. The van der Waals surface area contributed by atoms with E-state index in [1.54, 1.807) is 7.11 Å². The summed E-state index contributed by atoms with van der Waals surface area (Å²) < 4.78 is 10.7. The zero-order valence-electron chi connectivity index (χ0n) is 18.0. The number of morpholine rings is 1. The Balaban J connectivity index is 1.49. The Labute approximate surface area is 190 Å². The summed E-state index contributed by atoms with van der Waals surface area (Å²) in [6, 6.07) is 7.69. The monoisotopic (exact) mass is 464 g/mol. The number of piperidine rings is 1. The molecule has 1 unspecified atom stereocenters. The Morgan fingerprint density at radius 3 is 2.53 bits per heavy atom. The predicted octanol–water partition coefficient (Wildman–Crippen LogP) is 1.54. The molecule has 0 radical (unpaired) electrons. The van der Waals surface area contributed by atoms with Crippen LogP contribution in [0.3, 0.4) is 0 Å². The zero-order chi connectivity index (χ0) is 22.8. The number of thioether (sulfide) groups is 1. The highest BCUT2D eigenvalue weighted by molar-refractivity contribution is 8.14. The third-order valence-corrected chi connectivity index (χ3v) is 7.51. The number of benzene rings is 1. The van der Waals surface area contributed by atoms with E-state index >= 15 is 0 Å². The van der Waals surface area contributed by atoms with Crippen LogP contribution in [0.25, 0.3) is 0 Å². The largest absolute Gasteiger partial charge is 0.497 e. The topological polar surface area (TPSA) is 127 Å². The third-order valence-electron chi connectivity index (χ3n) is 6.34. The van der Waals surface area contributed by atoms with E-state index in [0.29, 0.717) is 70.4 Å². The van der Waals surface area contributed by atoms with E-state index in [-0.39, 0.29) is 0 Å². The number of likely N-dealkylation sites (tertiary alicyclic amines) is 1. The van der Waals surface area contributed by atoms with Gasteiger partial charge < -0.3 is 25.2 Å². The molecule has 0 saturated carbocycles. The van der Waals surface area contributed by atoms with Crippen LogP contribution in [0.1, 0.15) is 24.8 Å². The lowest BCUT2D eigenvalue weighted by atomic mass is 9.85. The highest BCUT2D eigenvalue weighted by atomic mass is 32.2. The molecule has 0 aromatic heterocycles. The molecule has 3 heterocycles. The first kappa shape index (κ1) is 22.8. The van der Waals surface area contributed by atoms with Gasteiger partial charge in [-0.05, 0) is 12.1 Å². The van der Waals surface area contributed by atoms with Gasteiger partial charge in [0.25, 0.3) is 5.91 Å². The molecule has 1 aromatic carbocycles. The number of rotatable bonds is 6. The van der Waals surface area contributed by atoms with Gasteiger partial charge in [0.2, 0.25) is 4.99 Å². The number of carbonyl (C=O) groups excluding carboxylic acids is 1. The number of hydrogen-bond donors (Lipinski definition) is 2. The van der Waals surface area contributed by atoms with Crippen molar-refractivity contribution in [1.82, 2.24) is 9.80 Å².